The minimum Gasteiger partial charge on any atom is -0.380 e. The van der Waals surface area contributed by atoms with Gasteiger partial charge in [-0.25, -0.2) is 0 Å². The van der Waals surface area contributed by atoms with E-state index in [0.717, 1.165) is 10.9 Å². The standard InChI is InChI=1S/C7H14ClNO3S/c1-9(13(8,10)11)4-5-12-6-7-2-3-7/h7H,2-6H2,1H3. The Morgan fingerprint density at radius 1 is 1.54 bits per heavy atom. The average Bonchev–Trinajstić information content (AvgIpc) is 2.79. The largest absolute Gasteiger partial charge is 0.380 e. The number of hydrogen-bond acceptors (Lipinski definition) is 3. The van der Waals surface area contributed by atoms with Gasteiger partial charge in [0.15, 0.2) is 0 Å². The van der Waals surface area contributed by atoms with E-state index in [2.05, 4.69) is 0 Å². The van der Waals surface area contributed by atoms with E-state index in [9.17, 15) is 8.42 Å². The van der Waals surface area contributed by atoms with Crippen LogP contribution in [0.15, 0.2) is 0 Å². The van der Waals surface area contributed by atoms with Crippen LogP contribution in [0.1, 0.15) is 12.8 Å². The molecule has 0 bridgehead atoms. The van der Waals surface area contributed by atoms with Crippen LogP contribution in [0.5, 0.6) is 0 Å². The van der Waals surface area contributed by atoms with Crippen LogP contribution >= 0.6 is 10.7 Å². The summed E-state index contributed by atoms with van der Waals surface area (Å²) in [5.74, 6) is 0.706. The molecule has 4 nitrogen and oxygen atoms in total. The van der Waals surface area contributed by atoms with Crippen molar-refractivity contribution < 1.29 is 13.2 Å². The first-order valence-corrected chi connectivity index (χ1v) is 6.50. The first kappa shape index (κ1) is 11.2. The summed E-state index contributed by atoms with van der Waals surface area (Å²) in [5, 5.41) is 0. The molecule has 0 aromatic rings. The van der Waals surface area contributed by atoms with E-state index in [-0.39, 0.29) is 0 Å². The van der Waals surface area contributed by atoms with Crippen LogP contribution in [0, 0.1) is 5.92 Å². The summed E-state index contributed by atoms with van der Waals surface area (Å²) in [4.78, 5) is 0. The first-order chi connectivity index (χ1) is 6.00. The zero-order valence-electron chi connectivity index (χ0n) is 7.57. The minimum absolute atomic E-state index is 0.318. The van der Waals surface area contributed by atoms with Gasteiger partial charge in [0.05, 0.1) is 6.61 Å². The Balaban J connectivity index is 2.04. The Kier molecular flexibility index (Phi) is 3.97. The average molecular weight is 228 g/mol. The Morgan fingerprint density at radius 2 is 2.15 bits per heavy atom. The van der Waals surface area contributed by atoms with Gasteiger partial charge >= 0.3 is 0 Å². The van der Waals surface area contributed by atoms with Crippen molar-refractivity contribution >= 4 is 19.9 Å². The molecule has 0 aromatic heterocycles. The number of ether oxygens (including phenoxy) is 1. The number of halogens is 1. The zero-order valence-corrected chi connectivity index (χ0v) is 9.14. The molecule has 1 rings (SSSR count). The van der Waals surface area contributed by atoms with Crippen LogP contribution in [-0.2, 0) is 14.0 Å². The summed E-state index contributed by atoms with van der Waals surface area (Å²) in [6.45, 7) is 1.48. The normalized spacial score (nSPS) is 18.1. The van der Waals surface area contributed by atoms with Gasteiger partial charge in [0.25, 0.3) is 9.24 Å². The molecule has 0 aromatic carbocycles. The third kappa shape index (κ3) is 4.81. The quantitative estimate of drug-likeness (QED) is 0.499. The molecule has 13 heavy (non-hydrogen) atoms. The van der Waals surface area contributed by atoms with Crippen molar-refractivity contribution in [3.63, 3.8) is 0 Å². The highest BCUT2D eigenvalue weighted by atomic mass is 35.7. The van der Waals surface area contributed by atoms with Gasteiger partial charge in [-0.05, 0) is 18.8 Å². The predicted molar refractivity (Wildman–Crippen MR) is 50.9 cm³/mol. The van der Waals surface area contributed by atoms with Gasteiger partial charge in [0.1, 0.15) is 0 Å². The van der Waals surface area contributed by atoms with Crippen LogP contribution in [0.4, 0.5) is 0 Å². The van der Waals surface area contributed by atoms with Gasteiger partial charge in [-0.1, -0.05) is 0 Å². The Morgan fingerprint density at radius 3 is 2.62 bits per heavy atom. The lowest BCUT2D eigenvalue weighted by atomic mass is 10.5. The fourth-order valence-corrected chi connectivity index (χ4v) is 1.34. The van der Waals surface area contributed by atoms with E-state index in [1.54, 1.807) is 0 Å². The van der Waals surface area contributed by atoms with E-state index in [1.165, 1.54) is 19.9 Å². The van der Waals surface area contributed by atoms with Crippen LogP contribution in [-0.4, -0.2) is 39.5 Å². The fourth-order valence-electron chi connectivity index (χ4n) is 0.837. The summed E-state index contributed by atoms with van der Waals surface area (Å²) in [6, 6.07) is 0. The summed E-state index contributed by atoms with van der Waals surface area (Å²) in [5.41, 5.74) is 0. The molecular formula is C7H14ClNO3S. The number of rotatable bonds is 6. The zero-order chi connectivity index (χ0) is 9.90. The van der Waals surface area contributed by atoms with E-state index >= 15 is 0 Å². The molecule has 0 unspecified atom stereocenters. The highest BCUT2D eigenvalue weighted by Crippen LogP contribution is 2.28. The van der Waals surface area contributed by atoms with Crippen LogP contribution in [0.3, 0.4) is 0 Å². The summed E-state index contributed by atoms with van der Waals surface area (Å²) in [7, 11) is 2.95. The van der Waals surface area contributed by atoms with Crippen molar-refractivity contribution in [1.29, 1.82) is 0 Å². The van der Waals surface area contributed by atoms with Crippen molar-refractivity contribution in [3.8, 4) is 0 Å². The highest BCUT2D eigenvalue weighted by Gasteiger charge is 2.21. The number of likely N-dealkylation sites (N-methyl/N-ethyl adjacent to an activating group) is 1. The molecule has 0 heterocycles. The second kappa shape index (κ2) is 4.59. The molecule has 6 heteroatoms. The molecular weight excluding hydrogens is 214 g/mol. The second-order valence-electron chi connectivity index (χ2n) is 3.28. The van der Waals surface area contributed by atoms with Gasteiger partial charge in [-0.15, -0.1) is 0 Å². The molecule has 0 N–H and O–H groups in total. The molecule has 78 valence electrons. The fraction of sp³-hybridized carbons (Fsp3) is 1.00. The molecule has 0 amide bonds. The second-order valence-corrected chi connectivity index (χ2v) is 5.90. The number of hydrogen-bond donors (Lipinski definition) is 0. The first-order valence-electron chi connectivity index (χ1n) is 4.24. The monoisotopic (exact) mass is 227 g/mol. The lowest BCUT2D eigenvalue weighted by Gasteiger charge is -2.11. The van der Waals surface area contributed by atoms with Crippen molar-refractivity contribution in [1.82, 2.24) is 4.31 Å². The summed E-state index contributed by atoms with van der Waals surface area (Å²) < 4.78 is 27.7. The maximum absolute atomic E-state index is 10.7. The van der Waals surface area contributed by atoms with E-state index in [0.29, 0.717) is 19.1 Å². The lowest BCUT2D eigenvalue weighted by molar-refractivity contribution is 0.117. The summed E-state index contributed by atoms with van der Waals surface area (Å²) >= 11 is 0. The van der Waals surface area contributed by atoms with Crippen molar-refractivity contribution in [2.24, 2.45) is 5.92 Å². The van der Waals surface area contributed by atoms with Gasteiger partial charge in [-0.3, -0.25) is 0 Å². The smallest absolute Gasteiger partial charge is 0.299 e. The Hall–Kier alpha value is 0.160. The molecule has 1 aliphatic rings. The van der Waals surface area contributed by atoms with E-state index < -0.39 is 9.24 Å². The van der Waals surface area contributed by atoms with E-state index in [1.807, 2.05) is 0 Å². The summed E-state index contributed by atoms with van der Waals surface area (Å²) in [6.07, 6.45) is 2.48. The molecule has 1 saturated carbocycles. The van der Waals surface area contributed by atoms with Gasteiger partial charge in [0.2, 0.25) is 0 Å². The molecule has 0 atom stereocenters. The van der Waals surface area contributed by atoms with Gasteiger partial charge < -0.3 is 4.74 Å². The molecule has 0 saturated heterocycles. The Labute approximate surface area is 83.4 Å². The van der Waals surface area contributed by atoms with Crippen LogP contribution < -0.4 is 0 Å². The van der Waals surface area contributed by atoms with Crippen molar-refractivity contribution in [3.05, 3.63) is 0 Å². The molecule has 1 fully saturated rings. The predicted octanol–water partition coefficient (Wildman–Crippen LogP) is 0.828. The van der Waals surface area contributed by atoms with Crippen molar-refractivity contribution in [2.75, 3.05) is 26.8 Å². The lowest BCUT2D eigenvalue weighted by Crippen LogP contribution is -2.26. The molecule has 0 radical (unpaired) electrons. The maximum atomic E-state index is 10.7. The molecule has 0 aliphatic heterocycles. The Bertz CT molecular complexity index is 250. The molecule has 1 aliphatic carbocycles. The van der Waals surface area contributed by atoms with Gasteiger partial charge in [-0.2, -0.15) is 12.7 Å². The number of nitrogens with zero attached hydrogens (tertiary/aromatic N) is 1. The van der Waals surface area contributed by atoms with Crippen LogP contribution in [0.2, 0.25) is 0 Å². The third-order valence-corrected chi connectivity index (χ3v) is 3.61. The van der Waals surface area contributed by atoms with Gasteiger partial charge in [0, 0.05) is 30.9 Å². The van der Waals surface area contributed by atoms with E-state index in [4.69, 9.17) is 15.4 Å². The highest BCUT2D eigenvalue weighted by molar-refractivity contribution is 8.11. The SMILES string of the molecule is CN(CCOCC1CC1)S(=O)(=O)Cl. The molecule has 0 spiro atoms. The van der Waals surface area contributed by atoms with Crippen molar-refractivity contribution in [2.45, 2.75) is 12.8 Å². The topological polar surface area (TPSA) is 46.6 Å². The van der Waals surface area contributed by atoms with Crippen LogP contribution in [0.25, 0.3) is 0 Å². The minimum atomic E-state index is -3.56. The maximum Gasteiger partial charge on any atom is 0.299 e. The third-order valence-electron chi connectivity index (χ3n) is 1.97.